The molecule has 0 radical (unpaired) electrons. The molecule has 0 aliphatic rings. The largest absolute Gasteiger partial charge is 0.452 e. The molecule has 0 unspecified atom stereocenters. The molecule has 0 heterocycles. The van der Waals surface area contributed by atoms with Crippen LogP contribution in [-0.2, 0) is 19.6 Å². The zero-order valence-electron chi connectivity index (χ0n) is 17.3. The quantitative estimate of drug-likeness (QED) is 0.425. The van der Waals surface area contributed by atoms with Gasteiger partial charge >= 0.3 is 16.1 Å². The van der Waals surface area contributed by atoms with Crippen LogP contribution in [0.15, 0.2) is 71.6 Å². The van der Waals surface area contributed by atoms with Gasteiger partial charge in [-0.15, -0.1) is 0 Å². The highest BCUT2D eigenvalue weighted by atomic mass is 32.2. The van der Waals surface area contributed by atoms with Crippen molar-refractivity contribution in [1.82, 2.24) is 0 Å². The summed E-state index contributed by atoms with van der Waals surface area (Å²) in [7, 11) is -4.22. The van der Waals surface area contributed by atoms with Crippen LogP contribution in [0, 0.1) is 19.7 Å². The van der Waals surface area contributed by atoms with Crippen LogP contribution in [-0.4, -0.2) is 26.9 Å². The average Bonchev–Trinajstić information content (AvgIpc) is 2.74. The lowest BCUT2D eigenvalue weighted by atomic mass is 10.2. The monoisotopic (exact) mass is 457 g/mol. The van der Waals surface area contributed by atoms with Crippen molar-refractivity contribution in [1.29, 1.82) is 0 Å². The summed E-state index contributed by atoms with van der Waals surface area (Å²) >= 11 is 0. The van der Waals surface area contributed by atoms with E-state index in [2.05, 4.69) is 5.32 Å². The Morgan fingerprint density at radius 1 is 0.969 bits per heavy atom. The molecule has 0 atom stereocenters. The van der Waals surface area contributed by atoms with Crippen LogP contribution in [0.4, 0.5) is 10.1 Å². The van der Waals surface area contributed by atoms with E-state index in [1.54, 1.807) is 26.0 Å². The third-order valence-corrected chi connectivity index (χ3v) is 5.74. The third kappa shape index (κ3) is 5.70. The molecule has 0 aliphatic carbocycles. The van der Waals surface area contributed by atoms with E-state index in [0.29, 0.717) is 5.56 Å². The lowest BCUT2D eigenvalue weighted by Gasteiger charge is -2.13. The number of ether oxygens (including phenoxy) is 1. The highest BCUT2D eigenvalue weighted by Crippen LogP contribution is 2.26. The Morgan fingerprint density at radius 3 is 2.47 bits per heavy atom. The number of hydrogen-bond acceptors (Lipinski definition) is 6. The van der Waals surface area contributed by atoms with E-state index >= 15 is 0 Å². The fourth-order valence-electron chi connectivity index (χ4n) is 2.82. The Bertz CT molecular complexity index is 1270. The van der Waals surface area contributed by atoms with Gasteiger partial charge in [-0.3, -0.25) is 4.79 Å². The number of amides is 1. The second-order valence-electron chi connectivity index (χ2n) is 6.94. The first-order chi connectivity index (χ1) is 15.2. The summed E-state index contributed by atoms with van der Waals surface area (Å²) in [6.07, 6.45) is 0. The molecule has 3 aromatic rings. The molecule has 1 N–H and O–H groups in total. The predicted molar refractivity (Wildman–Crippen MR) is 115 cm³/mol. The summed E-state index contributed by atoms with van der Waals surface area (Å²) in [5, 5.41) is 2.39. The Kier molecular flexibility index (Phi) is 6.89. The molecular formula is C23H20FNO6S. The number of aryl methyl sites for hydroxylation is 2. The first kappa shape index (κ1) is 23.0. The number of halogens is 1. The van der Waals surface area contributed by atoms with Crippen LogP contribution >= 0.6 is 0 Å². The van der Waals surface area contributed by atoms with Crippen molar-refractivity contribution >= 4 is 27.7 Å². The number of carbonyl (C=O) groups excluding carboxylic acids is 2. The van der Waals surface area contributed by atoms with E-state index in [9.17, 15) is 22.4 Å². The summed E-state index contributed by atoms with van der Waals surface area (Å²) in [6, 6.07) is 15.8. The van der Waals surface area contributed by atoms with Gasteiger partial charge in [-0.05, 0) is 61.4 Å². The number of anilines is 1. The van der Waals surface area contributed by atoms with Crippen LogP contribution < -0.4 is 9.50 Å². The Morgan fingerprint density at radius 2 is 1.72 bits per heavy atom. The lowest BCUT2D eigenvalue weighted by Crippen LogP contribution is -2.21. The van der Waals surface area contributed by atoms with E-state index < -0.39 is 34.4 Å². The van der Waals surface area contributed by atoms with Crippen molar-refractivity contribution in [3.05, 3.63) is 89.2 Å². The van der Waals surface area contributed by atoms with Crippen molar-refractivity contribution in [2.24, 2.45) is 0 Å². The summed E-state index contributed by atoms with van der Waals surface area (Å²) in [5.74, 6) is -2.41. The molecular weight excluding hydrogens is 437 g/mol. The van der Waals surface area contributed by atoms with Crippen molar-refractivity contribution in [3.8, 4) is 5.75 Å². The zero-order chi connectivity index (χ0) is 23.3. The van der Waals surface area contributed by atoms with Gasteiger partial charge in [0, 0.05) is 5.69 Å². The molecule has 0 saturated heterocycles. The number of esters is 1. The van der Waals surface area contributed by atoms with Gasteiger partial charge in [-0.2, -0.15) is 8.42 Å². The van der Waals surface area contributed by atoms with Crippen molar-refractivity contribution in [3.63, 3.8) is 0 Å². The first-order valence-electron chi connectivity index (χ1n) is 9.49. The molecule has 0 spiro atoms. The summed E-state index contributed by atoms with van der Waals surface area (Å²) in [5.41, 5.74) is 1.26. The molecule has 3 aromatic carbocycles. The molecule has 7 nitrogen and oxygen atoms in total. The van der Waals surface area contributed by atoms with E-state index in [1.165, 1.54) is 48.5 Å². The smallest absolute Gasteiger partial charge is 0.342 e. The maximum atomic E-state index is 13.2. The number of para-hydroxylation sites is 1. The van der Waals surface area contributed by atoms with Crippen LogP contribution in [0.3, 0.4) is 0 Å². The number of benzene rings is 3. The molecule has 166 valence electrons. The summed E-state index contributed by atoms with van der Waals surface area (Å²) in [4.78, 5) is 24.5. The maximum absolute atomic E-state index is 13.2. The maximum Gasteiger partial charge on any atom is 0.342 e. The lowest BCUT2D eigenvalue weighted by molar-refractivity contribution is -0.119. The standard InChI is InChI=1S/C23H20FNO6S/c1-15-10-11-16(2)21(12-15)32(28,29)31-20-9-4-3-8-19(20)23(27)30-14-22(26)25-18-7-5-6-17(24)13-18/h3-13H,14H2,1-2H3,(H,25,26). The average molecular weight is 457 g/mol. The van der Waals surface area contributed by atoms with Crippen molar-refractivity contribution in [2.45, 2.75) is 18.7 Å². The minimum atomic E-state index is -4.22. The highest BCUT2D eigenvalue weighted by Gasteiger charge is 2.23. The number of rotatable bonds is 7. The molecule has 3 rings (SSSR count). The molecule has 1 amide bonds. The van der Waals surface area contributed by atoms with Gasteiger partial charge in [0.25, 0.3) is 5.91 Å². The molecule has 9 heteroatoms. The van der Waals surface area contributed by atoms with Crippen LogP contribution in [0.2, 0.25) is 0 Å². The molecule has 32 heavy (non-hydrogen) atoms. The van der Waals surface area contributed by atoms with Gasteiger partial charge in [0.2, 0.25) is 0 Å². The van der Waals surface area contributed by atoms with E-state index in [1.807, 2.05) is 0 Å². The van der Waals surface area contributed by atoms with Crippen LogP contribution in [0.1, 0.15) is 21.5 Å². The van der Waals surface area contributed by atoms with Crippen LogP contribution in [0.25, 0.3) is 0 Å². The SMILES string of the molecule is Cc1ccc(C)c(S(=O)(=O)Oc2ccccc2C(=O)OCC(=O)Nc2cccc(F)c2)c1. The molecule has 0 bridgehead atoms. The fourth-order valence-corrected chi connectivity index (χ4v) is 4.08. The summed E-state index contributed by atoms with van der Waals surface area (Å²) in [6.45, 7) is 2.72. The van der Waals surface area contributed by atoms with Gasteiger partial charge in [-0.1, -0.05) is 30.3 Å². The topological polar surface area (TPSA) is 98.8 Å². The Balaban J connectivity index is 1.72. The van der Waals surface area contributed by atoms with Gasteiger partial charge < -0.3 is 14.2 Å². The first-order valence-corrected chi connectivity index (χ1v) is 10.9. The Labute approximate surface area is 184 Å². The third-order valence-electron chi connectivity index (χ3n) is 4.36. The van der Waals surface area contributed by atoms with E-state index in [0.717, 1.165) is 11.6 Å². The van der Waals surface area contributed by atoms with Gasteiger partial charge in [0.05, 0.1) is 0 Å². The molecule has 0 aromatic heterocycles. The van der Waals surface area contributed by atoms with E-state index in [-0.39, 0.29) is 21.9 Å². The Hall–Kier alpha value is -3.72. The number of hydrogen-bond donors (Lipinski definition) is 1. The number of carbonyl (C=O) groups is 2. The van der Waals surface area contributed by atoms with Crippen molar-refractivity contribution in [2.75, 3.05) is 11.9 Å². The van der Waals surface area contributed by atoms with Gasteiger partial charge in [0.1, 0.15) is 16.3 Å². The van der Waals surface area contributed by atoms with E-state index in [4.69, 9.17) is 8.92 Å². The number of nitrogens with one attached hydrogen (secondary N) is 1. The second-order valence-corrected chi connectivity index (χ2v) is 8.45. The highest BCUT2D eigenvalue weighted by molar-refractivity contribution is 7.87. The predicted octanol–water partition coefficient (Wildman–Crippen LogP) is 4.01. The fraction of sp³-hybridized carbons (Fsp3) is 0.130. The zero-order valence-corrected chi connectivity index (χ0v) is 18.1. The van der Waals surface area contributed by atoms with Crippen LogP contribution in [0.5, 0.6) is 5.75 Å². The molecule has 0 saturated carbocycles. The summed E-state index contributed by atoms with van der Waals surface area (Å²) < 4.78 is 49.0. The van der Waals surface area contributed by atoms with Crippen molar-refractivity contribution < 1.29 is 31.3 Å². The second kappa shape index (κ2) is 9.61. The molecule has 0 aliphatic heterocycles. The minimum absolute atomic E-state index is 0.0184. The molecule has 0 fully saturated rings. The van der Waals surface area contributed by atoms with Gasteiger partial charge in [-0.25, -0.2) is 9.18 Å². The van der Waals surface area contributed by atoms with Gasteiger partial charge in [0.15, 0.2) is 12.4 Å². The normalized spacial score (nSPS) is 11.0. The minimum Gasteiger partial charge on any atom is -0.452 e.